The monoisotopic (exact) mass is 322 g/mol. The highest BCUT2D eigenvalue weighted by atomic mass is 35.5. The Morgan fingerprint density at radius 3 is 2.81 bits per heavy atom. The molecule has 21 heavy (non-hydrogen) atoms. The lowest BCUT2D eigenvalue weighted by Gasteiger charge is -2.25. The SMILES string of the molecule is O=C(Nc1ncnc(Cl)c1Cl)[C@H]1Cc2ccccc2CN1. The van der Waals surface area contributed by atoms with Gasteiger partial charge in [0, 0.05) is 6.54 Å². The number of hydrogen-bond donors (Lipinski definition) is 2. The van der Waals surface area contributed by atoms with Crippen molar-refractivity contribution in [1.29, 1.82) is 0 Å². The Morgan fingerprint density at radius 2 is 2.00 bits per heavy atom. The van der Waals surface area contributed by atoms with Crippen LogP contribution in [-0.2, 0) is 17.8 Å². The third-order valence-corrected chi connectivity index (χ3v) is 4.13. The van der Waals surface area contributed by atoms with Crippen LogP contribution in [0.3, 0.4) is 0 Å². The van der Waals surface area contributed by atoms with Crippen LogP contribution in [0.15, 0.2) is 30.6 Å². The van der Waals surface area contributed by atoms with E-state index < -0.39 is 0 Å². The summed E-state index contributed by atoms with van der Waals surface area (Å²) >= 11 is 11.8. The zero-order valence-electron chi connectivity index (χ0n) is 10.9. The fourth-order valence-corrected chi connectivity index (χ4v) is 2.56. The minimum absolute atomic E-state index is 0.115. The van der Waals surface area contributed by atoms with E-state index >= 15 is 0 Å². The number of amides is 1. The summed E-state index contributed by atoms with van der Waals surface area (Å²) in [5.41, 5.74) is 2.38. The van der Waals surface area contributed by atoms with Crippen molar-refractivity contribution in [3.8, 4) is 0 Å². The molecule has 1 atom stereocenters. The summed E-state index contributed by atoms with van der Waals surface area (Å²) in [5, 5.41) is 6.14. The largest absolute Gasteiger partial charge is 0.308 e. The molecule has 2 N–H and O–H groups in total. The molecule has 108 valence electrons. The van der Waals surface area contributed by atoms with Gasteiger partial charge in [-0.15, -0.1) is 0 Å². The van der Waals surface area contributed by atoms with Crippen LogP contribution in [0, 0.1) is 0 Å². The van der Waals surface area contributed by atoms with E-state index in [0.717, 1.165) is 0 Å². The van der Waals surface area contributed by atoms with E-state index in [1.54, 1.807) is 0 Å². The van der Waals surface area contributed by atoms with Gasteiger partial charge in [-0.3, -0.25) is 4.79 Å². The van der Waals surface area contributed by atoms with Crippen LogP contribution < -0.4 is 10.6 Å². The highest BCUT2D eigenvalue weighted by molar-refractivity contribution is 6.42. The Bertz CT molecular complexity index is 692. The standard InChI is InChI=1S/C14H12Cl2N4O/c15-11-12(16)18-7-19-13(11)20-14(21)10-5-8-3-1-2-4-9(8)6-17-10/h1-4,7,10,17H,5-6H2,(H,18,19,20,21)/t10-/m1/s1. The summed E-state index contributed by atoms with van der Waals surface area (Å²) in [4.78, 5) is 20.0. The highest BCUT2D eigenvalue weighted by Gasteiger charge is 2.24. The minimum atomic E-state index is -0.329. The van der Waals surface area contributed by atoms with Crippen molar-refractivity contribution in [2.75, 3.05) is 5.32 Å². The lowest BCUT2D eigenvalue weighted by atomic mass is 9.95. The molecule has 0 radical (unpaired) electrons. The molecule has 5 nitrogen and oxygen atoms in total. The van der Waals surface area contributed by atoms with Gasteiger partial charge >= 0.3 is 0 Å². The molecule has 0 fully saturated rings. The molecular weight excluding hydrogens is 311 g/mol. The molecule has 1 aromatic heterocycles. The van der Waals surface area contributed by atoms with Crippen molar-refractivity contribution in [3.63, 3.8) is 0 Å². The second-order valence-electron chi connectivity index (χ2n) is 4.72. The van der Waals surface area contributed by atoms with Crippen LogP contribution in [0.4, 0.5) is 5.82 Å². The summed E-state index contributed by atoms with van der Waals surface area (Å²) in [5.74, 6) is 0.0310. The van der Waals surface area contributed by atoms with Gasteiger partial charge in [0.05, 0.1) is 6.04 Å². The summed E-state index contributed by atoms with van der Waals surface area (Å²) < 4.78 is 0. The molecule has 0 saturated heterocycles. The molecule has 2 aromatic rings. The number of hydrogen-bond acceptors (Lipinski definition) is 4. The third-order valence-electron chi connectivity index (χ3n) is 3.39. The maximum atomic E-state index is 12.3. The lowest BCUT2D eigenvalue weighted by Crippen LogP contribution is -2.44. The van der Waals surface area contributed by atoms with E-state index in [1.807, 2.05) is 18.2 Å². The average molecular weight is 323 g/mol. The Hall–Kier alpha value is -1.69. The maximum absolute atomic E-state index is 12.3. The summed E-state index contributed by atoms with van der Waals surface area (Å²) in [6, 6.07) is 7.72. The summed E-state index contributed by atoms with van der Waals surface area (Å²) in [6.45, 7) is 0.659. The van der Waals surface area contributed by atoms with E-state index in [1.165, 1.54) is 17.5 Å². The molecule has 0 unspecified atom stereocenters. The number of fused-ring (bicyclic) bond motifs is 1. The first-order valence-electron chi connectivity index (χ1n) is 6.42. The van der Waals surface area contributed by atoms with Crippen molar-refractivity contribution in [3.05, 3.63) is 51.9 Å². The van der Waals surface area contributed by atoms with Gasteiger partial charge in [0.1, 0.15) is 11.3 Å². The molecule has 3 rings (SSSR count). The Kier molecular flexibility index (Phi) is 4.05. The fourth-order valence-electron chi connectivity index (χ4n) is 2.28. The van der Waals surface area contributed by atoms with Crippen molar-refractivity contribution in [2.45, 2.75) is 19.0 Å². The predicted molar refractivity (Wildman–Crippen MR) is 81.5 cm³/mol. The predicted octanol–water partition coefficient (Wildman–Crippen LogP) is 2.44. The molecule has 0 spiro atoms. The van der Waals surface area contributed by atoms with Crippen LogP contribution in [0.25, 0.3) is 0 Å². The first-order valence-corrected chi connectivity index (χ1v) is 7.18. The number of carbonyl (C=O) groups excluding carboxylic acids is 1. The second kappa shape index (κ2) is 5.97. The zero-order valence-corrected chi connectivity index (χ0v) is 12.4. The third kappa shape index (κ3) is 3.00. The highest BCUT2D eigenvalue weighted by Crippen LogP contribution is 2.26. The molecule has 0 bridgehead atoms. The number of nitrogens with zero attached hydrogens (tertiary/aromatic N) is 2. The molecular formula is C14H12Cl2N4O. The van der Waals surface area contributed by atoms with Crippen molar-refractivity contribution in [2.24, 2.45) is 0 Å². The van der Waals surface area contributed by atoms with E-state index in [0.29, 0.717) is 13.0 Å². The van der Waals surface area contributed by atoms with Crippen LogP contribution in [0.2, 0.25) is 10.2 Å². The number of anilines is 1. The lowest BCUT2D eigenvalue weighted by molar-refractivity contribution is -0.118. The van der Waals surface area contributed by atoms with Crippen LogP contribution in [0.5, 0.6) is 0 Å². The van der Waals surface area contributed by atoms with Gasteiger partial charge in [0.25, 0.3) is 0 Å². The van der Waals surface area contributed by atoms with Crippen molar-refractivity contribution < 1.29 is 4.79 Å². The smallest absolute Gasteiger partial charge is 0.243 e. The summed E-state index contributed by atoms with van der Waals surface area (Å²) in [6.07, 6.45) is 1.88. The van der Waals surface area contributed by atoms with Crippen LogP contribution in [-0.4, -0.2) is 21.9 Å². The minimum Gasteiger partial charge on any atom is -0.308 e. The number of halogens is 2. The normalized spacial score (nSPS) is 17.1. The average Bonchev–Trinajstić information content (AvgIpc) is 2.51. The molecule has 1 aliphatic rings. The molecule has 1 amide bonds. The molecule has 0 saturated carbocycles. The maximum Gasteiger partial charge on any atom is 0.243 e. The molecule has 7 heteroatoms. The van der Waals surface area contributed by atoms with E-state index in [9.17, 15) is 4.79 Å². The van der Waals surface area contributed by atoms with Gasteiger partial charge in [-0.05, 0) is 17.5 Å². The molecule has 0 aliphatic carbocycles. The van der Waals surface area contributed by atoms with Gasteiger partial charge in [-0.1, -0.05) is 47.5 Å². The van der Waals surface area contributed by atoms with Gasteiger partial charge in [0.2, 0.25) is 5.91 Å². The Morgan fingerprint density at radius 1 is 1.24 bits per heavy atom. The molecule has 2 heterocycles. The number of nitrogens with one attached hydrogen (secondary N) is 2. The molecule has 1 aromatic carbocycles. The number of aromatic nitrogens is 2. The fraction of sp³-hybridized carbons (Fsp3) is 0.214. The van der Waals surface area contributed by atoms with Gasteiger partial charge in [0.15, 0.2) is 11.0 Å². The Balaban J connectivity index is 1.74. The Labute approximate surface area is 131 Å². The first kappa shape index (κ1) is 14.3. The topological polar surface area (TPSA) is 66.9 Å². The van der Waals surface area contributed by atoms with E-state index in [-0.39, 0.29) is 27.9 Å². The zero-order chi connectivity index (χ0) is 14.8. The first-order chi connectivity index (χ1) is 10.1. The van der Waals surface area contributed by atoms with Crippen molar-refractivity contribution >= 4 is 34.9 Å². The second-order valence-corrected chi connectivity index (χ2v) is 5.46. The van der Waals surface area contributed by atoms with E-state index in [2.05, 4.69) is 26.7 Å². The van der Waals surface area contributed by atoms with Crippen LogP contribution >= 0.6 is 23.2 Å². The van der Waals surface area contributed by atoms with E-state index in [4.69, 9.17) is 23.2 Å². The van der Waals surface area contributed by atoms with Crippen molar-refractivity contribution in [1.82, 2.24) is 15.3 Å². The van der Waals surface area contributed by atoms with Gasteiger partial charge in [-0.2, -0.15) is 0 Å². The summed E-state index contributed by atoms with van der Waals surface area (Å²) in [7, 11) is 0. The van der Waals surface area contributed by atoms with Gasteiger partial charge < -0.3 is 10.6 Å². The van der Waals surface area contributed by atoms with Crippen LogP contribution in [0.1, 0.15) is 11.1 Å². The number of benzene rings is 1. The molecule has 1 aliphatic heterocycles. The number of carbonyl (C=O) groups is 1. The van der Waals surface area contributed by atoms with Gasteiger partial charge in [-0.25, -0.2) is 9.97 Å². The number of rotatable bonds is 2. The quantitative estimate of drug-likeness (QED) is 0.833.